The van der Waals surface area contributed by atoms with Crippen LogP contribution < -0.4 is 9.64 Å². The van der Waals surface area contributed by atoms with E-state index in [2.05, 4.69) is 9.88 Å². The average Bonchev–Trinajstić information content (AvgIpc) is 2.67. The lowest BCUT2D eigenvalue weighted by atomic mass is 10.2. The van der Waals surface area contributed by atoms with E-state index in [9.17, 15) is 14.9 Å². The smallest absolute Gasteiger partial charge is 0.363 e. The Labute approximate surface area is 151 Å². The molecule has 0 saturated carbocycles. The monoisotopic (exact) mass is 356 g/mol. The van der Waals surface area contributed by atoms with Gasteiger partial charge in [0.1, 0.15) is 5.75 Å². The number of amides is 1. The molecule has 0 aliphatic carbocycles. The summed E-state index contributed by atoms with van der Waals surface area (Å²) < 4.78 is 5.54. The minimum absolute atomic E-state index is 0.0160. The molecular weight excluding hydrogens is 336 g/mol. The lowest BCUT2D eigenvalue weighted by molar-refractivity contribution is -0.389. The van der Waals surface area contributed by atoms with Crippen LogP contribution in [-0.2, 0) is 4.79 Å². The van der Waals surface area contributed by atoms with E-state index in [0.29, 0.717) is 31.9 Å². The zero-order valence-corrected chi connectivity index (χ0v) is 14.5. The van der Waals surface area contributed by atoms with E-state index in [0.717, 1.165) is 11.3 Å². The number of carbonyl (C=O) groups is 1. The van der Waals surface area contributed by atoms with Crippen molar-refractivity contribution in [3.8, 4) is 5.75 Å². The highest BCUT2D eigenvalue weighted by atomic mass is 16.6. The van der Waals surface area contributed by atoms with Gasteiger partial charge in [-0.2, -0.15) is 0 Å². The number of hydrogen-bond acceptors (Lipinski definition) is 6. The van der Waals surface area contributed by atoms with Gasteiger partial charge in [0.25, 0.3) is 5.91 Å². The number of aromatic nitrogens is 1. The Bertz CT molecular complexity index is 769. The fourth-order valence-electron chi connectivity index (χ4n) is 2.76. The van der Waals surface area contributed by atoms with Crippen LogP contribution in [0.4, 0.5) is 11.5 Å². The van der Waals surface area contributed by atoms with Crippen LogP contribution in [0.15, 0.2) is 42.6 Å². The minimum Gasteiger partial charge on any atom is -0.484 e. The SMILES string of the molecule is Cc1ccc(OCC(=O)N2CCN(c3ccc([N+](=O)[O-])nc3)CC2)cc1. The van der Waals surface area contributed by atoms with E-state index in [1.54, 1.807) is 11.0 Å². The molecule has 136 valence electrons. The first kappa shape index (κ1) is 17.7. The van der Waals surface area contributed by atoms with E-state index in [4.69, 9.17) is 4.74 Å². The summed E-state index contributed by atoms with van der Waals surface area (Å²) in [5.74, 6) is 0.461. The Morgan fingerprint density at radius 3 is 2.42 bits per heavy atom. The summed E-state index contributed by atoms with van der Waals surface area (Å²) in [6.07, 6.45) is 1.50. The number of piperazine rings is 1. The van der Waals surface area contributed by atoms with Gasteiger partial charge in [-0.15, -0.1) is 0 Å². The Kier molecular flexibility index (Phi) is 5.31. The second-order valence-corrected chi connectivity index (χ2v) is 6.10. The molecule has 0 unspecified atom stereocenters. The first-order valence-electron chi connectivity index (χ1n) is 8.35. The van der Waals surface area contributed by atoms with Crippen molar-refractivity contribution in [2.75, 3.05) is 37.7 Å². The number of anilines is 1. The number of benzene rings is 1. The standard InChI is InChI=1S/C18H20N4O4/c1-14-2-5-16(6-3-14)26-13-18(23)21-10-8-20(9-11-21)15-4-7-17(19-12-15)22(24)25/h2-7,12H,8-11,13H2,1H3. The van der Waals surface area contributed by atoms with Crippen molar-refractivity contribution in [2.24, 2.45) is 0 Å². The minimum atomic E-state index is -0.519. The molecule has 1 aliphatic heterocycles. The summed E-state index contributed by atoms with van der Waals surface area (Å²) in [6.45, 7) is 4.46. The molecule has 3 rings (SSSR count). The van der Waals surface area contributed by atoms with Crippen LogP contribution in [0.5, 0.6) is 5.75 Å². The fraction of sp³-hybridized carbons (Fsp3) is 0.333. The molecule has 8 heteroatoms. The predicted molar refractivity (Wildman–Crippen MR) is 96.4 cm³/mol. The molecule has 0 atom stereocenters. The van der Waals surface area contributed by atoms with Gasteiger partial charge in [-0.1, -0.05) is 17.7 Å². The molecule has 1 aromatic heterocycles. The van der Waals surface area contributed by atoms with E-state index < -0.39 is 4.92 Å². The van der Waals surface area contributed by atoms with Gasteiger partial charge in [0, 0.05) is 32.2 Å². The van der Waals surface area contributed by atoms with Crippen LogP contribution in [-0.4, -0.2) is 53.5 Å². The lowest BCUT2D eigenvalue weighted by Gasteiger charge is -2.35. The molecule has 26 heavy (non-hydrogen) atoms. The zero-order chi connectivity index (χ0) is 18.5. The Morgan fingerprint density at radius 2 is 1.85 bits per heavy atom. The van der Waals surface area contributed by atoms with Crippen LogP contribution in [0, 0.1) is 17.0 Å². The lowest BCUT2D eigenvalue weighted by Crippen LogP contribution is -2.50. The molecule has 1 amide bonds. The maximum Gasteiger partial charge on any atom is 0.363 e. The zero-order valence-electron chi connectivity index (χ0n) is 14.5. The number of rotatable bonds is 5. The summed E-state index contributed by atoms with van der Waals surface area (Å²) in [5.41, 5.74) is 1.96. The van der Waals surface area contributed by atoms with Crippen molar-refractivity contribution in [3.05, 3.63) is 58.3 Å². The number of ether oxygens (including phenoxy) is 1. The van der Waals surface area contributed by atoms with Gasteiger partial charge in [0.2, 0.25) is 0 Å². The van der Waals surface area contributed by atoms with Gasteiger partial charge in [-0.25, -0.2) is 0 Å². The molecule has 8 nitrogen and oxygen atoms in total. The van der Waals surface area contributed by atoms with Gasteiger partial charge < -0.3 is 24.7 Å². The maximum absolute atomic E-state index is 12.3. The van der Waals surface area contributed by atoms with Crippen molar-refractivity contribution in [2.45, 2.75) is 6.92 Å². The second kappa shape index (κ2) is 7.81. The highest BCUT2D eigenvalue weighted by Gasteiger charge is 2.22. The quantitative estimate of drug-likeness (QED) is 0.602. The van der Waals surface area contributed by atoms with Crippen LogP contribution in [0.2, 0.25) is 0 Å². The van der Waals surface area contributed by atoms with Crippen LogP contribution >= 0.6 is 0 Å². The van der Waals surface area contributed by atoms with E-state index in [1.165, 1.54) is 12.3 Å². The molecule has 0 radical (unpaired) electrons. The Hall–Kier alpha value is -3.16. The van der Waals surface area contributed by atoms with Gasteiger partial charge in [0.15, 0.2) is 12.8 Å². The summed E-state index contributed by atoms with van der Waals surface area (Å²) in [7, 11) is 0. The van der Waals surface area contributed by atoms with Crippen molar-refractivity contribution < 1.29 is 14.5 Å². The van der Waals surface area contributed by atoms with Crippen molar-refractivity contribution >= 4 is 17.4 Å². The van der Waals surface area contributed by atoms with Gasteiger partial charge in [-0.05, 0) is 35.0 Å². The first-order valence-corrected chi connectivity index (χ1v) is 8.35. The topological polar surface area (TPSA) is 88.8 Å². The number of pyridine rings is 1. The number of nitro groups is 1. The second-order valence-electron chi connectivity index (χ2n) is 6.10. The molecule has 0 N–H and O–H groups in total. The molecular formula is C18H20N4O4. The van der Waals surface area contributed by atoms with E-state index >= 15 is 0 Å². The van der Waals surface area contributed by atoms with Gasteiger partial charge in [-0.3, -0.25) is 4.79 Å². The highest BCUT2D eigenvalue weighted by Crippen LogP contribution is 2.18. The Balaban J connectivity index is 1.48. The van der Waals surface area contributed by atoms with Crippen molar-refractivity contribution in [1.29, 1.82) is 0 Å². The largest absolute Gasteiger partial charge is 0.484 e. The Morgan fingerprint density at radius 1 is 1.15 bits per heavy atom. The van der Waals surface area contributed by atoms with Crippen LogP contribution in [0.25, 0.3) is 0 Å². The molecule has 0 spiro atoms. The molecule has 2 aromatic rings. The number of aryl methyl sites for hydroxylation is 1. The van der Waals surface area contributed by atoms with Gasteiger partial charge >= 0.3 is 5.82 Å². The average molecular weight is 356 g/mol. The van der Waals surface area contributed by atoms with E-state index in [-0.39, 0.29) is 18.3 Å². The molecule has 2 heterocycles. The highest BCUT2D eigenvalue weighted by molar-refractivity contribution is 5.78. The van der Waals surface area contributed by atoms with Crippen LogP contribution in [0.3, 0.4) is 0 Å². The first-order chi connectivity index (χ1) is 12.5. The molecule has 1 aliphatic rings. The fourth-order valence-corrected chi connectivity index (χ4v) is 2.76. The number of nitrogens with zero attached hydrogens (tertiary/aromatic N) is 4. The van der Waals surface area contributed by atoms with Crippen LogP contribution in [0.1, 0.15) is 5.56 Å². The van der Waals surface area contributed by atoms with Crippen molar-refractivity contribution in [1.82, 2.24) is 9.88 Å². The third kappa shape index (κ3) is 4.27. The number of carbonyl (C=O) groups excluding carboxylic acids is 1. The molecule has 0 bridgehead atoms. The maximum atomic E-state index is 12.3. The van der Waals surface area contributed by atoms with E-state index in [1.807, 2.05) is 31.2 Å². The third-order valence-electron chi connectivity index (χ3n) is 4.30. The summed E-state index contributed by atoms with van der Waals surface area (Å²) in [4.78, 5) is 30.1. The van der Waals surface area contributed by atoms with Gasteiger partial charge in [0.05, 0.1) is 5.69 Å². The molecule has 1 saturated heterocycles. The third-order valence-corrected chi connectivity index (χ3v) is 4.30. The summed E-state index contributed by atoms with van der Waals surface area (Å²) >= 11 is 0. The normalized spacial score (nSPS) is 14.2. The summed E-state index contributed by atoms with van der Waals surface area (Å²) in [5, 5.41) is 10.7. The predicted octanol–water partition coefficient (Wildman–Crippen LogP) is 2.03. The van der Waals surface area contributed by atoms with Crippen molar-refractivity contribution in [3.63, 3.8) is 0 Å². The molecule has 1 aromatic carbocycles. The summed E-state index contributed by atoms with van der Waals surface area (Å²) in [6, 6.07) is 10.7. The number of hydrogen-bond donors (Lipinski definition) is 0. The molecule has 1 fully saturated rings.